The van der Waals surface area contributed by atoms with Crippen molar-refractivity contribution in [2.45, 2.75) is 39.4 Å². The van der Waals surface area contributed by atoms with Crippen LogP contribution in [0.1, 0.15) is 27.7 Å². The van der Waals surface area contributed by atoms with Crippen LogP contribution in [0.5, 0.6) is 0 Å². The van der Waals surface area contributed by atoms with Gasteiger partial charge in [0, 0.05) is 12.3 Å². The third-order valence-electron chi connectivity index (χ3n) is 2.69. The molecule has 0 bridgehead atoms. The van der Waals surface area contributed by atoms with Gasteiger partial charge in [0.1, 0.15) is 0 Å². The van der Waals surface area contributed by atoms with Gasteiger partial charge in [-0.25, -0.2) is 4.68 Å². The molecule has 0 aliphatic rings. The number of rotatable bonds is 9. The van der Waals surface area contributed by atoms with Gasteiger partial charge in [0.15, 0.2) is 0 Å². The van der Waals surface area contributed by atoms with Gasteiger partial charge in [0.05, 0.1) is 12.0 Å². The minimum atomic E-state index is -0.817. The lowest BCUT2D eigenvalue weighted by Crippen LogP contribution is -2.27. The molecule has 20 heavy (non-hydrogen) atoms. The quantitative estimate of drug-likeness (QED) is 0.521. The van der Waals surface area contributed by atoms with Gasteiger partial charge in [-0.05, 0) is 36.7 Å². The minimum Gasteiger partial charge on any atom is -0.481 e. The van der Waals surface area contributed by atoms with E-state index in [4.69, 9.17) is 5.11 Å². The highest BCUT2D eigenvalue weighted by Gasteiger charge is 2.28. The van der Waals surface area contributed by atoms with Crippen LogP contribution in [0.3, 0.4) is 0 Å². The molecule has 0 unspecified atom stereocenters. The molecule has 114 valence electrons. The molecule has 0 radical (unpaired) electrons. The summed E-state index contributed by atoms with van der Waals surface area (Å²) in [4.78, 5) is 11.1. The third kappa shape index (κ3) is 5.46. The molecule has 1 heterocycles. The van der Waals surface area contributed by atoms with E-state index in [0.717, 1.165) is 13.1 Å². The molecule has 1 aromatic rings. The molecule has 1 aromatic heterocycles. The molecular formula is C12H23N5O2S. The molecule has 8 heteroatoms. The smallest absolute Gasteiger partial charge is 0.309 e. The van der Waals surface area contributed by atoms with Gasteiger partial charge in [-0.3, -0.25) is 4.79 Å². The molecule has 0 amide bonds. The Balaban J connectivity index is 2.44. The summed E-state index contributed by atoms with van der Waals surface area (Å²) in [6.07, 6.45) is 0. The van der Waals surface area contributed by atoms with E-state index in [0.29, 0.717) is 23.4 Å². The molecule has 2 N–H and O–H groups in total. The first kappa shape index (κ1) is 16.9. The Hall–Kier alpha value is -1.15. The second kappa shape index (κ2) is 7.58. The lowest BCUT2D eigenvalue weighted by Gasteiger charge is -2.17. The van der Waals surface area contributed by atoms with Crippen LogP contribution in [-0.2, 0) is 11.3 Å². The first-order chi connectivity index (χ1) is 9.33. The van der Waals surface area contributed by atoms with E-state index in [1.54, 1.807) is 18.5 Å². The van der Waals surface area contributed by atoms with Crippen LogP contribution in [0.25, 0.3) is 0 Å². The number of nitrogens with one attached hydrogen (secondary N) is 1. The van der Waals surface area contributed by atoms with Crippen LogP contribution in [-0.4, -0.2) is 50.1 Å². The first-order valence-corrected chi connectivity index (χ1v) is 7.64. The largest absolute Gasteiger partial charge is 0.481 e. The van der Waals surface area contributed by atoms with Crippen molar-refractivity contribution >= 4 is 17.7 Å². The number of thioether (sulfide) groups is 1. The van der Waals surface area contributed by atoms with Gasteiger partial charge < -0.3 is 10.4 Å². The zero-order valence-electron chi connectivity index (χ0n) is 12.5. The second-order valence-corrected chi connectivity index (χ2v) is 6.70. The van der Waals surface area contributed by atoms with Crippen LogP contribution in [0.15, 0.2) is 5.16 Å². The van der Waals surface area contributed by atoms with Crippen LogP contribution < -0.4 is 5.32 Å². The Kier molecular flexibility index (Phi) is 6.41. The average molecular weight is 301 g/mol. The number of hydrogen-bond acceptors (Lipinski definition) is 6. The Morgan fingerprint density at radius 1 is 1.50 bits per heavy atom. The van der Waals surface area contributed by atoms with E-state index >= 15 is 0 Å². The number of carboxylic acid groups (broad SMARTS) is 1. The number of aromatic nitrogens is 4. The lowest BCUT2D eigenvalue weighted by molar-refractivity contribution is -0.145. The first-order valence-electron chi connectivity index (χ1n) is 6.66. The topological polar surface area (TPSA) is 92.9 Å². The van der Waals surface area contributed by atoms with Gasteiger partial charge in [-0.15, -0.1) is 5.10 Å². The van der Waals surface area contributed by atoms with Crippen LogP contribution in [0, 0.1) is 11.3 Å². The summed E-state index contributed by atoms with van der Waals surface area (Å²) >= 11 is 1.37. The van der Waals surface area contributed by atoms with Crippen LogP contribution in [0.2, 0.25) is 0 Å². The van der Waals surface area contributed by atoms with Crippen molar-refractivity contribution in [3.05, 3.63) is 0 Å². The standard InChI is InChI=1S/C12H23N5O2S/c1-9(2)7-13-5-6-17-11(14-15-16-17)20-8-12(3,4)10(18)19/h9,13H,5-8H2,1-4H3,(H,18,19). The Morgan fingerprint density at radius 2 is 2.20 bits per heavy atom. The normalized spacial score (nSPS) is 12.1. The van der Waals surface area contributed by atoms with Crippen molar-refractivity contribution in [1.82, 2.24) is 25.5 Å². The van der Waals surface area contributed by atoms with E-state index in [1.165, 1.54) is 11.8 Å². The van der Waals surface area contributed by atoms with Crippen LogP contribution >= 0.6 is 11.8 Å². The molecule has 0 aliphatic carbocycles. The Bertz CT molecular complexity index is 433. The van der Waals surface area contributed by atoms with E-state index in [-0.39, 0.29) is 0 Å². The molecule has 0 atom stereocenters. The van der Waals surface area contributed by atoms with E-state index in [2.05, 4.69) is 34.7 Å². The summed E-state index contributed by atoms with van der Waals surface area (Å²) in [5.74, 6) is 0.221. The maximum Gasteiger partial charge on any atom is 0.309 e. The van der Waals surface area contributed by atoms with Crippen molar-refractivity contribution < 1.29 is 9.90 Å². The zero-order chi connectivity index (χ0) is 15.2. The van der Waals surface area contributed by atoms with Gasteiger partial charge in [-0.1, -0.05) is 25.6 Å². The minimum absolute atomic E-state index is 0.433. The van der Waals surface area contributed by atoms with Crippen molar-refractivity contribution in [3.8, 4) is 0 Å². The Labute approximate surface area is 123 Å². The predicted octanol–water partition coefficient (Wildman–Crippen LogP) is 1.12. The van der Waals surface area contributed by atoms with E-state index in [1.807, 2.05) is 0 Å². The summed E-state index contributed by atoms with van der Waals surface area (Å²) < 4.78 is 1.70. The van der Waals surface area contributed by atoms with Gasteiger partial charge in [0.25, 0.3) is 0 Å². The number of hydrogen-bond donors (Lipinski definition) is 2. The maximum absolute atomic E-state index is 11.1. The summed E-state index contributed by atoms with van der Waals surface area (Å²) in [5.41, 5.74) is -0.794. The highest BCUT2D eigenvalue weighted by Crippen LogP contribution is 2.26. The molecule has 0 aromatic carbocycles. The fraction of sp³-hybridized carbons (Fsp3) is 0.833. The number of carbonyl (C=O) groups is 1. The second-order valence-electron chi connectivity index (χ2n) is 5.76. The number of nitrogens with zero attached hydrogens (tertiary/aromatic N) is 4. The molecular weight excluding hydrogens is 278 g/mol. The molecule has 0 saturated heterocycles. The van der Waals surface area contributed by atoms with E-state index < -0.39 is 11.4 Å². The van der Waals surface area contributed by atoms with Gasteiger partial charge in [0.2, 0.25) is 5.16 Å². The Morgan fingerprint density at radius 3 is 2.80 bits per heavy atom. The predicted molar refractivity (Wildman–Crippen MR) is 77.7 cm³/mol. The monoisotopic (exact) mass is 301 g/mol. The fourth-order valence-electron chi connectivity index (χ4n) is 1.32. The van der Waals surface area contributed by atoms with Crippen molar-refractivity contribution in [2.75, 3.05) is 18.8 Å². The molecule has 0 spiro atoms. The SMILES string of the molecule is CC(C)CNCCn1nnnc1SCC(C)(C)C(=O)O. The third-order valence-corrected chi connectivity index (χ3v) is 4.11. The summed E-state index contributed by atoms with van der Waals surface area (Å²) in [5, 5.41) is 24.6. The van der Waals surface area contributed by atoms with Gasteiger partial charge >= 0.3 is 5.97 Å². The van der Waals surface area contributed by atoms with E-state index in [9.17, 15) is 4.79 Å². The van der Waals surface area contributed by atoms with Gasteiger partial charge in [-0.2, -0.15) is 0 Å². The number of aliphatic carboxylic acids is 1. The van der Waals surface area contributed by atoms with Crippen molar-refractivity contribution in [3.63, 3.8) is 0 Å². The molecule has 7 nitrogen and oxygen atoms in total. The number of tetrazole rings is 1. The molecule has 1 rings (SSSR count). The van der Waals surface area contributed by atoms with Crippen molar-refractivity contribution in [2.24, 2.45) is 11.3 Å². The van der Waals surface area contributed by atoms with Crippen LogP contribution in [0.4, 0.5) is 0 Å². The highest BCUT2D eigenvalue weighted by atomic mass is 32.2. The summed E-state index contributed by atoms with van der Waals surface area (Å²) in [6, 6.07) is 0. The van der Waals surface area contributed by atoms with Crippen molar-refractivity contribution in [1.29, 1.82) is 0 Å². The zero-order valence-corrected chi connectivity index (χ0v) is 13.3. The summed E-state index contributed by atoms with van der Waals surface area (Å²) in [7, 11) is 0. The fourth-order valence-corrected chi connectivity index (χ4v) is 2.31. The molecule has 0 aliphatic heterocycles. The molecule has 0 fully saturated rings. The average Bonchev–Trinajstić information content (AvgIpc) is 2.79. The maximum atomic E-state index is 11.1. The number of carboxylic acids is 1. The molecule has 0 saturated carbocycles. The lowest BCUT2D eigenvalue weighted by atomic mass is 9.97. The highest BCUT2D eigenvalue weighted by molar-refractivity contribution is 7.99. The summed E-state index contributed by atoms with van der Waals surface area (Å²) in [6.45, 7) is 10.1.